The molecule has 0 radical (unpaired) electrons. The van der Waals surface area contributed by atoms with Crippen molar-refractivity contribution in [3.05, 3.63) is 35.1 Å². The van der Waals surface area contributed by atoms with E-state index in [9.17, 15) is 9.18 Å². The molecule has 0 aromatic heterocycles. The molecule has 142 valence electrons. The third-order valence-corrected chi connectivity index (χ3v) is 3.62. The number of unbranched alkanes of at least 4 members (excludes halogenated alkanes) is 1. The number of carbonyl (C=O) groups excluding carboxylic acids is 1. The van der Waals surface area contributed by atoms with Crippen LogP contribution in [0, 0.1) is 12.7 Å². The molecule has 5 nitrogen and oxygen atoms in total. The molecule has 25 heavy (non-hydrogen) atoms. The van der Waals surface area contributed by atoms with Crippen molar-refractivity contribution in [2.75, 3.05) is 26.7 Å². The van der Waals surface area contributed by atoms with Crippen LogP contribution >= 0.6 is 24.0 Å². The quantitative estimate of drug-likeness (QED) is 0.193. The summed E-state index contributed by atoms with van der Waals surface area (Å²) < 4.78 is 17.7. The summed E-state index contributed by atoms with van der Waals surface area (Å²) >= 11 is 0. The Morgan fingerprint density at radius 2 is 2.04 bits per heavy atom. The maximum atomic E-state index is 13.1. The van der Waals surface area contributed by atoms with Gasteiger partial charge >= 0.3 is 5.97 Å². The lowest BCUT2D eigenvalue weighted by Crippen LogP contribution is -2.38. The molecule has 0 saturated heterocycles. The number of aryl methyl sites for hydroxylation is 1. The lowest BCUT2D eigenvalue weighted by Gasteiger charge is -2.12. The minimum absolute atomic E-state index is 0. The molecule has 0 unspecified atom stereocenters. The van der Waals surface area contributed by atoms with Crippen molar-refractivity contribution >= 4 is 35.9 Å². The standard InChI is InChI=1S/C18H28FN3O2.HI/c1-4-20-18(21-11-6-5-7-17(23)24-3)22-12-10-15-8-9-16(19)13-14(15)2;/h8-9,13H,4-7,10-12H2,1-3H3,(H2,20,21,22);1H. The number of ether oxygens (including phenoxy) is 1. The van der Waals surface area contributed by atoms with Crippen molar-refractivity contribution in [1.82, 2.24) is 10.6 Å². The zero-order valence-corrected chi connectivity index (χ0v) is 17.6. The number of nitrogens with zero attached hydrogens (tertiary/aromatic N) is 1. The summed E-state index contributed by atoms with van der Waals surface area (Å²) in [4.78, 5) is 15.5. The summed E-state index contributed by atoms with van der Waals surface area (Å²) in [5.74, 6) is 0.375. The second kappa shape index (κ2) is 13.9. The Labute approximate surface area is 166 Å². The van der Waals surface area contributed by atoms with E-state index in [1.165, 1.54) is 13.2 Å². The molecule has 0 aliphatic heterocycles. The van der Waals surface area contributed by atoms with Gasteiger partial charge in [0.25, 0.3) is 0 Å². The first-order valence-electron chi connectivity index (χ1n) is 8.40. The van der Waals surface area contributed by atoms with Gasteiger partial charge in [0.1, 0.15) is 5.82 Å². The minimum Gasteiger partial charge on any atom is -0.469 e. The molecular weight excluding hydrogens is 436 g/mol. The Bertz CT molecular complexity index is 553. The fourth-order valence-corrected chi connectivity index (χ4v) is 2.27. The van der Waals surface area contributed by atoms with E-state index in [4.69, 9.17) is 0 Å². The zero-order valence-electron chi connectivity index (χ0n) is 15.2. The Morgan fingerprint density at radius 1 is 1.28 bits per heavy atom. The molecule has 0 saturated carbocycles. The van der Waals surface area contributed by atoms with Crippen LogP contribution in [0.4, 0.5) is 4.39 Å². The van der Waals surface area contributed by atoms with E-state index >= 15 is 0 Å². The smallest absolute Gasteiger partial charge is 0.305 e. The number of carbonyl (C=O) groups is 1. The van der Waals surface area contributed by atoms with E-state index in [0.717, 1.165) is 49.4 Å². The highest BCUT2D eigenvalue weighted by Crippen LogP contribution is 2.10. The topological polar surface area (TPSA) is 62.7 Å². The number of methoxy groups -OCH3 is 1. The minimum atomic E-state index is -0.203. The summed E-state index contributed by atoms with van der Waals surface area (Å²) in [6, 6.07) is 4.86. The van der Waals surface area contributed by atoms with Crippen LogP contribution < -0.4 is 10.6 Å². The van der Waals surface area contributed by atoms with Crippen LogP contribution in [0.5, 0.6) is 0 Å². The van der Waals surface area contributed by atoms with Crippen molar-refractivity contribution in [1.29, 1.82) is 0 Å². The molecule has 0 aliphatic rings. The van der Waals surface area contributed by atoms with Crippen LogP contribution in [0.3, 0.4) is 0 Å². The first kappa shape index (κ1) is 23.6. The van der Waals surface area contributed by atoms with E-state index in [-0.39, 0.29) is 35.8 Å². The average molecular weight is 465 g/mol. The molecule has 0 fully saturated rings. The predicted molar refractivity (Wildman–Crippen MR) is 110 cm³/mol. The number of nitrogens with one attached hydrogen (secondary N) is 2. The predicted octanol–water partition coefficient (Wildman–Crippen LogP) is 3.19. The Hall–Kier alpha value is -1.38. The van der Waals surface area contributed by atoms with E-state index in [2.05, 4.69) is 20.4 Å². The fourth-order valence-electron chi connectivity index (χ4n) is 2.27. The molecular formula is C18H29FIN3O2. The van der Waals surface area contributed by atoms with E-state index in [1.54, 1.807) is 6.07 Å². The number of guanidine groups is 1. The van der Waals surface area contributed by atoms with Gasteiger partial charge in [0.15, 0.2) is 5.96 Å². The van der Waals surface area contributed by atoms with Gasteiger partial charge in [-0.05, 0) is 56.4 Å². The van der Waals surface area contributed by atoms with E-state index in [1.807, 2.05) is 19.9 Å². The largest absolute Gasteiger partial charge is 0.469 e. The van der Waals surface area contributed by atoms with Crippen molar-refractivity contribution in [3.8, 4) is 0 Å². The molecule has 1 aromatic carbocycles. The van der Waals surface area contributed by atoms with Crippen LogP contribution in [-0.4, -0.2) is 38.7 Å². The van der Waals surface area contributed by atoms with Gasteiger partial charge in [0.2, 0.25) is 0 Å². The first-order valence-corrected chi connectivity index (χ1v) is 8.40. The van der Waals surface area contributed by atoms with Gasteiger partial charge in [-0.3, -0.25) is 9.79 Å². The highest BCUT2D eigenvalue weighted by molar-refractivity contribution is 14.0. The fraction of sp³-hybridized carbons (Fsp3) is 0.556. The van der Waals surface area contributed by atoms with Gasteiger partial charge in [-0.25, -0.2) is 4.39 Å². The molecule has 0 amide bonds. The van der Waals surface area contributed by atoms with Crippen molar-refractivity contribution in [3.63, 3.8) is 0 Å². The summed E-state index contributed by atoms with van der Waals surface area (Å²) in [5.41, 5.74) is 2.08. The zero-order chi connectivity index (χ0) is 17.8. The van der Waals surface area contributed by atoms with E-state index in [0.29, 0.717) is 13.0 Å². The average Bonchev–Trinajstić information content (AvgIpc) is 2.56. The van der Waals surface area contributed by atoms with Crippen LogP contribution in [0.1, 0.15) is 37.3 Å². The van der Waals surface area contributed by atoms with Crippen molar-refractivity contribution in [2.24, 2.45) is 4.99 Å². The van der Waals surface area contributed by atoms with Gasteiger partial charge in [-0.1, -0.05) is 6.07 Å². The van der Waals surface area contributed by atoms with Crippen LogP contribution in [0.25, 0.3) is 0 Å². The molecule has 0 aliphatic carbocycles. The molecule has 2 N–H and O–H groups in total. The molecule has 1 aromatic rings. The highest BCUT2D eigenvalue weighted by atomic mass is 127. The van der Waals surface area contributed by atoms with E-state index < -0.39 is 0 Å². The number of aliphatic imine (C=N–C) groups is 1. The maximum Gasteiger partial charge on any atom is 0.305 e. The lowest BCUT2D eigenvalue weighted by atomic mass is 10.1. The van der Waals surface area contributed by atoms with Crippen molar-refractivity contribution in [2.45, 2.75) is 39.5 Å². The van der Waals surface area contributed by atoms with Crippen LogP contribution in [0.15, 0.2) is 23.2 Å². The normalized spacial score (nSPS) is 10.8. The Morgan fingerprint density at radius 3 is 2.68 bits per heavy atom. The summed E-state index contributed by atoms with van der Waals surface area (Å²) in [5, 5.41) is 6.47. The number of rotatable bonds is 9. The second-order valence-corrected chi connectivity index (χ2v) is 5.54. The number of benzene rings is 1. The Balaban J connectivity index is 0.00000576. The monoisotopic (exact) mass is 465 g/mol. The summed E-state index contributed by atoms with van der Waals surface area (Å²) in [6.07, 6.45) is 2.84. The molecule has 0 spiro atoms. The molecule has 0 bridgehead atoms. The van der Waals surface area contributed by atoms with Gasteiger partial charge in [0.05, 0.1) is 7.11 Å². The summed E-state index contributed by atoms with van der Waals surface area (Å²) in [6.45, 7) is 6.09. The number of hydrogen-bond acceptors (Lipinski definition) is 3. The third kappa shape index (κ3) is 10.3. The third-order valence-electron chi connectivity index (χ3n) is 3.62. The maximum absolute atomic E-state index is 13.1. The summed E-state index contributed by atoms with van der Waals surface area (Å²) in [7, 11) is 1.40. The number of hydrogen-bond donors (Lipinski definition) is 2. The van der Waals surface area contributed by atoms with Gasteiger partial charge in [-0.15, -0.1) is 24.0 Å². The van der Waals surface area contributed by atoms with Crippen LogP contribution in [-0.2, 0) is 16.0 Å². The van der Waals surface area contributed by atoms with Crippen molar-refractivity contribution < 1.29 is 13.9 Å². The lowest BCUT2D eigenvalue weighted by molar-refractivity contribution is -0.140. The second-order valence-electron chi connectivity index (χ2n) is 5.54. The molecule has 7 heteroatoms. The van der Waals surface area contributed by atoms with Gasteiger partial charge in [-0.2, -0.15) is 0 Å². The van der Waals surface area contributed by atoms with Gasteiger partial charge in [0, 0.05) is 26.1 Å². The SMILES string of the molecule is CCNC(=NCCCCC(=O)OC)NCCc1ccc(F)cc1C.I. The number of halogens is 2. The molecule has 0 atom stereocenters. The Kier molecular flexibility index (Phi) is 13.1. The van der Waals surface area contributed by atoms with Gasteiger partial charge < -0.3 is 15.4 Å². The van der Waals surface area contributed by atoms with Crippen LogP contribution in [0.2, 0.25) is 0 Å². The number of esters is 1. The molecule has 1 rings (SSSR count). The first-order chi connectivity index (χ1) is 11.6. The molecule has 0 heterocycles. The highest BCUT2D eigenvalue weighted by Gasteiger charge is 2.02.